The summed E-state index contributed by atoms with van der Waals surface area (Å²) in [6.07, 6.45) is 2.70. The molecule has 1 N–H and O–H groups in total. The summed E-state index contributed by atoms with van der Waals surface area (Å²) in [5, 5.41) is 3.57. The SMILES string of the molecule is CC(C)NCC(C)(C)CN1CCCC(N(C)C)C1. The van der Waals surface area contributed by atoms with Crippen molar-refractivity contribution >= 4 is 0 Å². The van der Waals surface area contributed by atoms with Gasteiger partial charge in [0.1, 0.15) is 0 Å². The van der Waals surface area contributed by atoms with Crippen LogP contribution < -0.4 is 5.32 Å². The Kier molecular flexibility index (Phi) is 6.09. The Morgan fingerprint density at radius 3 is 2.56 bits per heavy atom. The fraction of sp³-hybridized carbons (Fsp3) is 1.00. The van der Waals surface area contributed by atoms with Crippen LogP contribution in [0, 0.1) is 5.41 Å². The van der Waals surface area contributed by atoms with E-state index in [0.717, 1.165) is 12.6 Å². The van der Waals surface area contributed by atoms with Crippen molar-refractivity contribution in [3.8, 4) is 0 Å². The van der Waals surface area contributed by atoms with E-state index in [1.54, 1.807) is 0 Å². The first-order valence-corrected chi connectivity index (χ1v) is 7.42. The third-order valence-electron chi connectivity index (χ3n) is 3.85. The van der Waals surface area contributed by atoms with Crippen LogP contribution in [0.3, 0.4) is 0 Å². The second-order valence-electron chi connectivity index (χ2n) is 7.19. The van der Waals surface area contributed by atoms with Gasteiger partial charge in [-0.05, 0) is 38.9 Å². The quantitative estimate of drug-likeness (QED) is 0.783. The molecule has 1 saturated heterocycles. The zero-order chi connectivity index (χ0) is 13.8. The molecule has 0 saturated carbocycles. The molecule has 0 aromatic heterocycles. The number of rotatable bonds is 6. The highest BCUT2D eigenvalue weighted by atomic mass is 15.2. The van der Waals surface area contributed by atoms with Crippen LogP contribution in [0.4, 0.5) is 0 Å². The van der Waals surface area contributed by atoms with E-state index in [1.165, 1.54) is 32.5 Å². The first kappa shape index (κ1) is 15.9. The molecule has 0 spiro atoms. The van der Waals surface area contributed by atoms with Crippen LogP contribution in [0.1, 0.15) is 40.5 Å². The Balaban J connectivity index is 2.40. The normalized spacial score (nSPS) is 23.0. The second-order valence-corrected chi connectivity index (χ2v) is 7.19. The van der Waals surface area contributed by atoms with Crippen molar-refractivity contribution in [2.75, 3.05) is 40.3 Å². The first-order chi connectivity index (χ1) is 8.30. The van der Waals surface area contributed by atoms with E-state index in [0.29, 0.717) is 11.5 Å². The van der Waals surface area contributed by atoms with Crippen LogP contribution >= 0.6 is 0 Å². The minimum absolute atomic E-state index is 0.360. The molecule has 0 radical (unpaired) electrons. The fourth-order valence-electron chi connectivity index (χ4n) is 2.74. The smallest absolute Gasteiger partial charge is 0.0217 e. The van der Waals surface area contributed by atoms with Crippen molar-refractivity contribution in [2.24, 2.45) is 5.41 Å². The van der Waals surface area contributed by atoms with Crippen molar-refractivity contribution in [3.05, 3.63) is 0 Å². The summed E-state index contributed by atoms with van der Waals surface area (Å²) >= 11 is 0. The van der Waals surface area contributed by atoms with Crippen LogP contribution in [0.15, 0.2) is 0 Å². The third kappa shape index (κ3) is 5.68. The predicted octanol–water partition coefficient (Wildman–Crippen LogP) is 2.04. The van der Waals surface area contributed by atoms with E-state index in [9.17, 15) is 0 Å². The van der Waals surface area contributed by atoms with Gasteiger partial charge in [0, 0.05) is 31.7 Å². The van der Waals surface area contributed by atoms with Gasteiger partial charge in [-0.15, -0.1) is 0 Å². The lowest BCUT2D eigenvalue weighted by Crippen LogP contribution is -2.49. The zero-order valence-corrected chi connectivity index (χ0v) is 13.3. The minimum Gasteiger partial charge on any atom is -0.314 e. The van der Waals surface area contributed by atoms with Gasteiger partial charge in [-0.3, -0.25) is 0 Å². The van der Waals surface area contributed by atoms with Gasteiger partial charge in [-0.1, -0.05) is 27.7 Å². The lowest BCUT2D eigenvalue weighted by Gasteiger charge is -2.40. The second kappa shape index (κ2) is 6.88. The number of likely N-dealkylation sites (tertiary alicyclic amines) is 1. The van der Waals surface area contributed by atoms with Gasteiger partial charge in [-0.25, -0.2) is 0 Å². The maximum absolute atomic E-state index is 3.57. The Hall–Kier alpha value is -0.120. The molecule has 0 bridgehead atoms. The highest BCUT2D eigenvalue weighted by Gasteiger charge is 2.27. The summed E-state index contributed by atoms with van der Waals surface area (Å²) in [4.78, 5) is 5.03. The van der Waals surface area contributed by atoms with Crippen molar-refractivity contribution in [2.45, 2.75) is 52.6 Å². The molecule has 1 rings (SSSR count). The Bertz CT molecular complexity index is 236. The average Bonchev–Trinajstić information content (AvgIpc) is 2.26. The Morgan fingerprint density at radius 1 is 1.33 bits per heavy atom. The number of hydrogen-bond acceptors (Lipinski definition) is 3. The molecule has 1 heterocycles. The summed E-state index contributed by atoms with van der Waals surface area (Å²) in [6.45, 7) is 14.0. The molecule has 1 fully saturated rings. The average molecular weight is 255 g/mol. The number of nitrogens with one attached hydrogen (secondary N) is 1. The maximum atomic E-state index is 3.57. The van der Waals surface area contributed by atoms with E-state index < -0.39 is 0 Å². The molecule has 0 aromatic rings. The number of hydrogen-bond donors (Lipinski definition) is 1. The molecule has 1 atom stereocenters. The molecular formula is C15H33N3. The van der Waals surface area contributed by atoms with E-state index >= 15 is 0 Å². The zero-order valence-electron chi connectivity index (χ0n) is 13.3. The van der Waals surface area contributed by atoms with Crippen molar-refractivity contribution in [3.63, 3.8) is 0 Å². The van der Waals surface area contributed by atoms with Gasteiger partial charge in [-0.2, -0.15) is 0 Å². The summed E-state index contributed by atoms with van der Waals surface area (Å²) in [6, 6.07) is 1.33. The van der Waals surface area contributed by atoms with Gasteiger partial charge in [0.15, 0.2) is 0 Å². The third-order valence-corrected chi connectivity index (χ3v) is 3.85. The largest absolute Gasteiger partial charge is 0.314 e. The van der Waals surface area contributed by atoms with Crippen LogP contribution in [0.2, 0.25) is 0 Å². The molecule has 0 aliphatic carbocycles. The van der Waals surface area contributed by atoms with Crippen LogP contribution in [0.25, 0.3) is 0 Å². The topological polar surface area (TPSA) is 18.5 Å². The van der Waals surface area contributed by atoms with Gasteiger partial charge < -0.3 is 15.1 Å². The minimum atomic E-state index is 0.360. The summed E-state index contributed by atoms with van der Waals surface area (Å²) < 4.78 is 0. The summed E-state index contributed by atoms with van der Waals surface area (Å²) in [7, 11) is 4.42. The predicted molar refractivity (Wildman–Crippen MR) is 80.1 cm³/mol. The number of nitrogens with zero attached hydrogens (tertiary/aromatic N) is 2. The lowest BCUT2D eigenvalue weighted by atomic mass is 9.91. The molecule has 3 nitrogen and oxygen atoms in total. The summed E-state index contributed by atoms with van der Waals surface area (Å²) in [5.41, 5.74) is 0.360. The van der Waals surface area contributed by atoms with Gasteiger partial charge >= 0.3 is 0 Å². The standard InChI is InChI=1S/C15H33N3/c1-13(2)16-11-15(3,4)12-18-9-7-8-14(10-18)17(5)6/h13-14,16H,7-12H2,1-6H3. The monoisotopic (exact) mass is 255 g/mol. The highest BCUT2D eigenvalue weighted by Crippen LogP contribution is 2.21. The highest BCUT2D eigenvalue weighted by molar-refractivity contribution is 4.83. The molecule has 3 heteroatoms. The maximum Gasteiger partial charge on any atom is 0.0217 e. The Labute approximate surface area is 114 Å². The van der Waals surface area contributed by atoms with E-state index in [1.807, 2.05) is 0 Å². The number of piperidine rings is 1. The van der Waals surface area contributed by atoms with Gasteiger partial charge in [0.25, 0.3) is 0 Å². The van der Waals surface area contributed by atoms with Gasteiger partial charge in [0.2, 0.25) is 0 Å². The summed E-state index contributed by atoms with van der Waals surface area (Å²) in [5.74, 6) is 0. The van der Waals surface area contributed by atoms with Crippen LogP contribution in [-0.2, 0) is 0 Å². The van der Waals surface area contributed by atoms with E-state index in [-0.39, 0.29) is 0 Å². The Morgan fingerprint density at radius 2 is 2.00 bits per heavy atom. The molecular weight excluding hydrogens is 222 g/mol. The molecule has 108 valence electrons. The van der Waals surface area contributed by atoms with Gasteiger partial charge in [0.05, 0.1) is 0 Å². The van der Waals surface area contributed by atoms with E-state index in [4.69, 9.17) is 0 Å². The van der Waals surface area contributed by atoms with Crippen molar-refractivity contribution in [1.29, 1.82) is 0 Å². The van der Waals surface area contributed by atoms with Crippen molar-refractivity contribution < 1.29 is 0 Å². The van der Waals surface area contributed by atoms with Crippen molar-refractivity contribution in [1.82, 2.24) is 15.1 Å². The van der Waals surface area contributed by atoms with Crippen LogP contribution in [0.5, 0.6) is 0 Å². The molecule has 18 heavy (non-hydrogen) atoms. The molecule has 1 unspecified atom stereocenters. The lowest BCUT2D eigenvalue weighted by molar-refractivity contribution is 0.0955. The molecule has 0 aromatic carbocycles. The fourth-order valence-corrected chi connectivity index (χ4v) is 2.74. The number of likely N-dealkylation sites (N-methyl/N-ethyl adjacent to an activating group) is 1. The van der Waals surface area contributed by atoms with E-state index in [2.05, 4.69) is 56.9 Å². The first-order valence-electron chi connectivity index (χ1n) is 7.42. The molecule has 1 aliphatic heterocycles. The van der Waals surface area contributed by atoms with Crippen LogP contribution in [-0.4, -0.2) is 62.2 Å². The molecule has 1 aliphatic rings. The molecule has 0 amide bonds.